The molecule has 0 fully saturated rings. The highest BCUT2D eigenvalue weighted by molar-refractivity contribution is 9.11. The second-order valence-corrected chi connectivity index (χ2v) is 5.75. The standard InChI is InChI=1S/C10H5BrN2O4S/c11-9-5-4-8(18-9)6-2-1-3-7(12(14)15)10(6)13(16)17/h1-5H. The first-order valence-corrected chi connectivity index (χ1v) is 6.29. The van der Waals surface area contributed by atoms with Gasteiger partial charge in [0.25, 0.3) is 0 Å². The molecular formula is C10H5BrN2O4S. The zero-order valence-electron chi connectivity index (χ0n) is 8.70. The van der Waals surface area contributed by atoms with Crippen LogP contribution in [0.1, 0.15) is 0 Å². The largest absolute Gasteiger partial charge is 0.354 e. The van der Waals surface area contributed by atoms with Gasteiger partial charge in [0, 0.05) is 10.9 Å². The maximum atomic E-state index is 11.0. The molecule has 0 saturated heterocycles. The summed E-state index contributed by atoms with van der Waals surface area (Å²) < 4.78 is 0.804. The minimum Gasteiger partial charge on any atom is -0.258 e. The van der Waals surface area contributed by atoms with E-state index < -0.39 is 21.2 Å². The Morgan fingerprint density at radius 1 is 1.06 bits per heavy atom. The highest BCUT2D eigenvalue weighted by Gasteiger charge is 2.29. The molecule has 0 spiro atoms. The molecule has 0 N–H and O–H groups in total. The summed E-state index contributed by atoms with van der Waals surface area (Å²) in [7, 11) is 0. The topological polar surface area (TPSA) is 86.3 Å². The lowest BCUT2D eigenvalue weighted by Gasteiger charge is -2.00. The second-order valence-electron chi connectivity index (χ2n) is 3.29. The van der Waals surface area contributed by atoms with Crippen molar-refractivity contribution >= 4 is 38.6 Å². The van der Waals surface area contributed by atoms with Crippen molar-refractivity contribution in [1.82, 2.24) is 0 Å². The molecule has 0 aliphatic carbocycles. The van der Waals surface area contributed by atoms with Gasteiger partial charge in [-0.3, -0.25) is 20.2 Å². The van der Waals surface area contributed by atoms with Crippen molar-refractivity contribution in [2.24, 2.45) is 0 Å². The van der Waals surface area contributed by atoms with Crippen LogP contribution in [-0.2, 0) is 0 Å². The van der Waals surface area contributed by atoms with Gasteiger partial charge in [0.05, 0.1) is 19.2 Å². The molecule has 92 valence electrons. The van der Waals surface area contributed by atoms with Crippen molar-refractivity contribution in [3.05, 3.63) is 54.3 Å². The first kappa shape index (κ1) is 12.7. The Morgan fingerprint density at radius 3 is 2.28 bits per heavy atom. The third kappa shape index (κ3) is 2.24. The van der Waals surface area contributed by atoms with E-state index >= 15 is 0 Å². The van der Waals surface area contributed by atoms with Crippen LogP contribution in [0.2, 0.25) is 0 Å². The highest BCUT2D eigenvalue weighted by atomic mass is 79.9. The van der Waals surface area contributed by atoms with E-state index in [0.29, 0.717) is 4.88 Å². The number of hydrogen-bond acceptors (Lipinski definition) is 5. The number of hydrogen-bond donors (Lipinski definition) is 0. The average molecular weight is 329 g/mol. The maximum absolute atomic E-state index is 11.0. The third-order valence-corrected chi connectivity index (χ3v) is 3.89. The van der Waals surface area contributed by atoms with E-state index in [1.807, 2.05) is 0 Å². The van der Waals surface area contributed by atoms with Gasteiger partial charge in [-0.25, -0.2) is 0 Å². The average Bonchev–Trinajstić information content (AvgIpc) is 2.74. The SMILES string of the molecule is O=[N+]([O-])c1cccc(-c2ccc(Br)s2)c1[N+](=O)[O-]. The Hall–Kier alpha value is -1.80. The zero-order valence-corrected chi connectivity index (χ0v) is 11.1. The first-order chi connectivity index (χ1) is 8.50. The van der Waals surface area contributed by atoms with Gasteiger partial charge in [0.1, 0.15) is 0 Å². The smallest absolute Gasteiger partial charge is 0.258 e. The van der Waals surface area contributed by atoms with Crippen LogP contribution in [0.25, 0.3) is 10.4 Å². The number of para-hydroxylation sites is 1. The Kier molecular flexibility index (Phi) is 3.39. The van der Waals surface area contributed by atoms with Gasteiger partial charge >= 0.3 is 11.4 Å². The Balaban J connectivity index is 2.71. The molecule has 0 bridgehead atoms. The third-order valence-electron chi connectivity index (χ3n) is 2.23. The fraction of sp³-hybridized carbons (Fsp3) is 0. The lowest BCUT2D eigenvalue weighted by atomic mass is 10.1. The summed E-state index contributed by atoms with van der Waals surface area (Å²) in [6.45, 7) is 0. The Labute approximate surface area is 113 Å². The molecule has 0 amide bonds. The summed E-state index contributed by atoms with van der Waals surface area (Å²) >= 11 is 4.54. The number of rotatable bonds is 3. The number of nitro groups is 2. The number of benzene rings is 1. The zero-order chi connectivity index (χ0) is 13.3. The normalized spacial score (nSPS) is 10.3. The van der Waals surface area contributed by atoms with Crippen LogP contribution in [0, 0.1) is 20.2 Å². The molecule has 18 heavy (non-hydrogen) atoms. The van der Waals surface area contributed by atoms with Crippen LogP contribution in [0.3, 0.4) is 0 Å². The summed E-state index contributed by atoms with van der Waals surface area (Å²) in [5.74, 6) is 0. The second kappa shape index (κ2) is 4.83. The van der Waals surface area contributed by atoms with E-state index in [9.17, 15) is 20.2 Å². The van der Waals surface area contributed by atoms with Crippen molar-refractivity contribution in [3.63, 3.8) is 0 Å². The number of halogens is 1. The minimum absolute atomic E-state index is 0.255. The molecule has 0 atom stereocenters. The summed E-state index contributed by atoms with van der Waals surface area (Å²) in [6.07, 6.45) is 0. The maximum Gasteiger partial charge on any atom is 0.354 e. The van der Waals surface area contributed by atoms with E-state index in [2.05, 4.69) is 15.9 Å². The van der Waals surface area contributed by atoms with Crippen LogP contribution < -0.4 is 0 Å². The molecule has 1 aromatic heterocycles. The van der Waals surface area contributed by atoms with E-state index in [1.54, 1.807) is 12.1 Å². The Morgan fingerprint density at radius 2 is 1.78 bits per heavy atom. The van der Waals surface area contributed by atoms with Gasteiger partial charge in [0.2, 0.25) is 0 Å². The summed E-state index contributed by atoms with van der Waals surface area (Å²) in [5, 5.41) is 21.8. The van der Waals surface area contributed by atoms with Crippen LogP contribution in [0.15, 0.2) is 34.1 Å². The van der Waals surface area contributed by atoms with E-state index in [0.717, 1.165) is 9.85 Å². The van der Waals surface area contributed by atoms with Gasteiger partial charge in [0.15, 0.2) is 0 Å². The predicted octanol–water partition coefficient (Wildman–Crippen LogP) is 3.99. The summed E-state index contributed by atoms with van der Waals surface area (Å²) in [5.41, 5.74) is -0.719. The molecule has 2 rings (SSSR count). The minimum atomic E-state index is -0.746. The van der Waals surface area contributed by atoms with Gasteiger partial charge in [-0.05, 0) is 34.1 Å². The van der Waals surface area contributed by atoms with Gasteiger partial charge < -0.3 is 0 Å². The van der Waals surface area contributed by atoms with E-state index in [1.165, 1.54) is 23.5 Å². The molecule has 0 unspecified atom stereocenters. The molecular weight excluding hydrogens is 324 g/mol. The first-order valence-electron chi connectivity index (χ1n) is 4.68. The molecule has 2 aromatic rings. The molecule has 0 aliphatic rings. The molecule has 0 saturated carbocycles. The van der Waals surface area contributed by atoms with Gasteiger partial charge in [-0.15, -0.1) is 11.3 Å². The number of nitro benzene ring substituents is 2. The van der Waals surface area contributed by atoms with Crippen LogP contribution in [-0.4, -0.2) is 9.85 Å². The summed E-state index contributed by atoms with van der Waals surface area (Å²) in [4.78, 5) is 21.0. The van der Waals surface area contributed by atoms with Crippen LogP contribution in [0.5, 0.6) is 0 Å². The van der Waals surface area contributed by atoms with Crippen LogP contribution >= 0.6 is 27.3 Å². The fourth-order valence-corrected chi connectivity index (χ4v) is 2.94. The predicted molar refractivity (Wildman–Crippen MR) is 70.8 cm³/mol. The van der Waals surface area contributed by atoms with Crippen molar-refractivity contribution < 1.29 is 9.85 Å². The van der Waals surface area contributed by atoms with Gasteiger partial charge in [-0.2, -0.15) is 0 Å². The summed E-state index contributed by atoms with van der Waals surface area (Å²) in [6, 6.07) is 7.49. The quantitative estimate of drug-likeness (QED) is 0.629. The van der Waals surface area contributed by atoms with Gasteiger partial charge in [-0.1, -0.05) is 6.07 Å². The molecule has 6 nitrogen and oxygen atoms in total. The molecule has 1 aromatic carbocycles. The van der Waals surface area contributed by atoms with E-state index in [4.69, 9.17) is 0 Å². The number of thiophene rings is 1. The molecule has 0 radical (unpaired) electrons. The number of nitrogens with zero attached hydrogens (tertiary/aromatic N) is 2. The lowest BCUT2D eigenvalue weighted by Crippen LogP contribution is -1.98. The molecule has 8 heteroatoms. The lowest BCUT2D eigenvalue weighted by molar-refractivity contribution is -0.422. The highest BCUT2D eigenvalue weighted by Crippen LogP contribution is 2.41. The molecule has 1 heterocycles. The van der Waals surface area contributed by atoms with Crippen molar-refractivity contribution in [3.8, 4) is 10.4 Å². The fourth-order valence-electron chi connectivity index (χ4n) is 1.53. The monoisotopic (exact) mass is 328 g/mol. The van der Waals surface area contributed by atoms with Crippen molar-refractivity contribution in [2.45, 2.75) is 0 Å². The van der Waals surface area contributed by atoms with Crippen molar-refractivity contribution in [1.29, 1.82) is 0 Å². The van der Waals surface area contributed by atoms with Crippen molar-refractivity contribution in [2.75, 3.05) is 0 Å². The molecule has 0 aliphatic heterocycles. The van der Waals surface area contributed by atoms with Crippen LogP contribution in [0.4, 0.5) is 11.4 Å². The Bertz CT molecular complexity index is 641. The van der Waals surface area contributed by atoms with E-state index in [-0.39, 0.29) is 5.56 Å².